The molecule has 1 atom stereocenters. The second-order valence-corrected chi connectivity index (χ2v) is 9.67. The summed E-state index contributed by atoms with van der Waals surface area (Å²) in [7, 11) is 1.71. The van der Waals surface area contributed by atoms with Gasteiger partial charge in [0.1, 0.15) is 17.6 Å². The Morgan fingerprint density at radius 3 is 2.56 bits per heavy atom. The van der Waals surface area contributed by atoms with Crippen LogP contribution in [0.3, 0.4) is 0 Å². The lowest BCUT2D eigenvalue weighted by Crippen LogP contribution is -2.54. The molecule has 0 unspecified atom stereocenters. The van der Waals surface area contributed by atoms with Crippen LogP contribution in [0.25, 0.3) is 11.3 Å². The van der Waals surface area contributed by atoms with Crippen LogP contribution in [0, 0.1) is 11.2 Å². The van der Waals surface area contributed by atoms with Crippen LogP contribution in [0.15, 0.2) is 30.3 Å². The average molecular weight is 500 g/mol. The van der Waals surface area contributed by atoms with Crippen LogP contribution in [0.5, 0.6) is 0 Å². The number of amides is 3. The molecular weight excluding hydrogens is 465 g/mol. The highest BCUT2D eigenvalue weighted by Gasteiger charge is 2.43. The molecule has 3 amide bonds. The van der Waals surface area contributed by atoms with Gasteiger partial charge in [0.05, 0.1) is 17.7 Å². The highest BCUT2D eigenvalue weighted by molar-refractivity contribution is 5.94. The topological polar surface area (TPSA) is 106 Å². The summed E-state index contributed by atoms with van der Waals surface area (Å²) in [6.45, 7) is 4.00. The van der Waals surface area contributed by atoms with E-state index in [1.807, 2.05) is 0 Å². The summed E-state index contributed by atoms with van der Waals surface area (Å²) in [5, 5.41) is 10.1. The molecule has 0 aliphatic carbocycles. The molecule has 0 radical (unpaired) electrons. The number of aryl methyl sites for hydroxylation is 1. The summed E-state index contributed by atoms with van der Waals surface area (Å²) in [6.07, 6.45) is 3.38. The number of likely N-dealkylation sites (tertiary alicyclic amines) is 1. The van der Waals surface area contributed by atoms with Gasteiger partial charge in [-0.3, -0.25) is 19.1 Å². The minimum atomic E-state index is -0.644. The Morgan fingerprint density at radius 1 is 1.11 bits per heavy atom. The Kier molecular flexibility index (Phi) is 8.03. The molecule has 1 spiro atoms. The molecule has 194 valence electrons. The molecule has 2 aliphatic heterocycles. The van der Waals surface area contributed by atoms with Crippen LogP contribution >= 0.6 is 0 Å². The van der Waals surface area contributed by atoms with Crippen molar-refractivity contribution in [1.29, 1.82) is 0 Å². The molecule has 2 aliphatic rings. The van der Waals surface area contributed by atoms with E-state index in [2.05, 4.69) is 15.7 Å². The van der Waals surface area contributed by atoms with E-state index in [4.69, 9.17) is 4.74 Å². The number of benzene rings is 1. The third-order valence-corrected chi connectivity index (χ3v) is 7.21. The highest BCUT2D eigenvalue weighted by Crippen LogP contribution is 2.38. The summed E-state index contributed by atoms with van der Waals surface area (Å²) in [5.41, 5.74) is 1.13. The molecule has 3 heterocycles. The van der Waals surface area contributed by atoms with Gasteiger partial charge >= 0.3 is 0 Å². The molecule has 0 saturated carbocycles. The molecule has 36 heavy (non-hydrogen) atoms. The lowest BCUT2D eigenvalue weighted by atomic mass is 9.73. The standard InChI is InChI=1S/C26H34FN5O4/c1-18-23(33)28-12-16-36-15-4-3-9-26(25(35)29-18)10-13-32(14-11-26)24(34)22-17-21(30-31(22)2)19-5-7-20(27)8-6-19/h5-8,17-18H,3-4,9-16H2,1-2H3,(H,28,33)(H,29,35)/t18-/m0/s1. The van der Waals surface area contributed by atoms with Gasteiger partial charge in [-0.1, -0.05) is 6.42 Å². The van der Waals surface area contributed by atoms with Crippen LogP contribution in [0.2, 0.25) is 0 Å². The molecule has 1 aromatic carbocycles. The Labute approximate surface area is 210 Å². The van der Waals surface area contributed by atoms with Crippen molar-refractivity contribution in [3.05, 3.63) is 41.8 Å². The average Bonchev–Trinajstić information content (AvgIpc) is 3.26. The summed E-state index contributed by atoms with van der Waals surface area (Å²) in [4.78, 5) is 40.8. The zero-order chi connectivity index (χ0) is 25.7. The summed E-state index contributed by atoms with van der Waals surface area (Å²) >= 11 is 0. The van der Waals surface area contributed by atoms with Gasteiger partial charge in [-0.05, 0) is 62.9 Å². The molecule has 2 fully saturated rings. The lowest BCUT2D eigenvalue weighted by molar-refractivity contribution is -0.137. The molecule has 1 aromatic heterocycles. The quantitative estimate of drug-likeness (QED) is 0.660. The predicted molar refractivity (Wildman–Crippen MR) is 131 cm³/mol. The van der Waals surface area contributed by atoms with E-state index < -0.39 is 11.5 Å². The second-order valence-electron chi connectivity index (χ2n) is 9.67. The number of hydrogen-bond donors (Lipinski definition) is 2. The second kappa shape index (κ2) is 11.2. The van der Waals surface area contributed by atoms with E-state index >= 15 is 0 Å². The molecular formula is C26H34FN5O4. The SMILES string of the molecule is C[C@@H]1NC(=O)C2(CCCCOCCNC1=O)CCN(C(=O)c1cc(-c3ccc(F)cc3)nn1C)CC2. The van der Waals surface area contributed by atoms with Crippen molar-refractivity contribution in [2.24, 2.45) is 12.5 Å². The van der Waals surface area contributed by atoms with Gasteiger partial charge in [0, 0.05) is 38.9 Å². The minimum Gasteiger partial charge on any atom is -0.380 e. The van der Waals surface area contributed by atoms with E-state index in [9.17, 15) is 18.8 Å². The first-order valence-electron chi connectivity index (χ1n) is 12.5. The maximum atomic E-state index is 13.4. The Bertz CT molecular complexity index is 1090. The molecule has 4 rings (SSSR count). The number of aromatic nitrogens is 2. The first-order valence-corrected chi connectivity index (χ1v) is 12.5. The van der Waals surface area contributed by atoms with Crippen molar-refractivity contribution >= 4 is 17.7 Å². The monoisotopic (exact) mass is 499 g/mol. The third-order valence-electron chi connectivity index (χ3n) is 7.21. The smallest absolute Gasteiger partial charge is 0.272 e. The number of halogens is 1. The van der Waals surface area contributed by atoms with Gasteiger partial charge in [0.2, 0.25) is 11.8 Å². The molecule has 2 saturated heterocycles. The number of rotatable bonds is 2. The van der Waals surface area contributed by atoms with Gasteiger partial charge < -0.3 is 20.3 Å². The van der Waals surface area contributed by atoms with Gasteiger partial charge in [0.25, 0.3) is 5.91 Å². The minimum absolute atomic E-state index is 0.128. The van der Waals surface area contributed by atoms with Crippen LogP contribution in [0.1, 0.15) is 49.5 Å². The fourth-order valence-electron chi connectivity index (χ4n) is 4.90. The highest BCUT2D eigenvalue weighted by atomic mass is 19.1. The van der Waals surface area contributed by atoms with E-state index in [0.717, 1.165) is 18.4 Å². The Balaban J connectivity index is 1.46. The van der Waals surface area contributed by atoms with E-state index in [0.29, 0.717) is 63.5 Å². The maximum Gasteiger partial charge on any atom is 0.272 e. The van der Waals surface area contributed by atoms with Crippen molar-refractivity contribution < 1.29 is 23.5 Å². The number of piperidine rings is 1. The molecule has 2 N–H and O–H groups in total. The lowest BCUT2D eigenvalue weighted by Gasteiger charge is -2.41. The molecule has 9 nitrogen and oxygen atoms in total. The van der Waals surface area contributed by atoms with Crippen molar-refractivity contribution in [2.45, 2.75) is 45.1 Å². The largest absolute Gasteiger partial charge is 0.380 e. The maximum absolute atomic E-state index is 13.4. The van der Waals surface area contributed by atoms with E-state index in [1.165, 1.54) is 16.8 Å². The van der Waals surface area contributed by atoms with Crippen LogP contribution < -0.4 is 10.6 Å². The number of nitrogens with zero attached hydrogens (tertiary/aromatic N) is 3. The van der Waals surface area contributed by atoms with E-state index in [-0.39, 0.29) is 23.5 Å². The van der Waals surface area contributed by atoms with Crippen LogP contribution in [0.4, 0.5) is 4.39 Å². The van der Waals surface area contributed by atoms with Gasteiger partial charge in [-0.2, -0.15) is 5.10 Å². The fraction of sp³-hybridized carbons (Fsp3) is 0.538. The zero-order valence-corrected chi connectivity index (χ0v) is 20.9. The zero-order valence-electron chi connectivity index (χ0n) is 20.9. The fourth-order valence-corrected chi connectivity index (χ4v) is 4.90. The summed E-state index contributed by atoms with van der Waals surface area (Å²) in [5.74, 6) is -0.847. The molecule has 0 bridgehead atoms. The van der Waals surface area contributed by atoms with Crippen molar-refractivity contribution in [2.75, 3.05) is 32.8 Å². The Hall–Kier alpha value is -3.27. The van der Waals surface area contributed by atoms with Gasteiger partial charge in [0.15, 0.2) is 0 Å². The summed E-state index contributed by atoms with van der Waals surface area (Å²) in [6, 6.07) is 7.06. The van der Waals surface area contributed by atoms with Crippen molar-refractivity contribution in [1.82, 2.24) is 25.3 Å². The van der Waals surface area contributed by atoms with Crippen LogP contribution in [-0.4, -0.2) is 71.3 Å². The van der Waals surface area contributed by atoms with Crippen LogP contribution in [-0.2, 0) is 21.4 Å². The summed E-state index contributed by atoms with van der Waals surface area (Å²) < 4.78 is 20.4. The van der Waals surface area contributed by atoms with Gasteiger partial charge in [-0.25, -0.2) is 4.39 Å². The Morgan fingerprint density at radius 2 is 1.83 bits per heavy atom. The number of carbonyl (C=O) groups excluding carboxylic acids is 3. The molecule has 2 aromatic rings. The number of nitrogens with one attached hydrogen (secondary N) is 2. The normalized spacial score (nSPS) is 21.6. The van der Waals surface area contributed by atoms with E-state index in [1.54, 1.807) is 37.1 Å². The third kappa shape index (κ3) is 5.75. The number of hydrogen-bond acceptors (Lipinski definition) is 5. The van der Waals surface area contributed by atoms with Gasteiger partial charge in [-0.15, -0.1) is 0 Å². The molecule has 10 heteroatoms. The van der Waals surface area contributed by atoms with Crippen molar-refractivity contribution in [3.8, 4) is 11.3 Å². The first-order chi connectivity index (χ1) is 17.3. The first kappa shape index (κ1) is 25.8. The number of carbonyl (C=O) groups is 3. The predicted octanol–water partition coefficient (Wildman–Crippen LogP) is 2.27. The number of ether oxygens (including phenoxy) is 1. The van der Waals surface area contributed by atoms with Crippen molar-refractivity contribution in [3.63, 3.8) is 0 Å².